The van der Waals surface area contributed by atoms with E-state index >= 15 is 0 Å². The lowest BCUT2D eigenvalue weighted by molar-refractivity contribution is -0.151. The summed E-state index contributed by atoms with van der Waals surface area (Å²) >= 11 is 9.47. The van der Waals surface area contributed by atoms with E-state index in [-0.39, 0.29) is 18.9 Å². The minimum absolute atomic E-state index is 0.0138. The fourth-order valence-electron chi connectivity index (χ4n) is 3.18. The molecule has 1 aliphatic heterocycles. The SMILES string of the molecule is COc1ccccc1N1C[C@H](C(=O)OCC(=O)Nc2ccc(Br)c(Cl)c2C)CC1=O. The molecule has 0 aromatic heterocycles. The molecular formula is C21H20BrClN2O5. The van der Waals surface area contributed by atoms with Gasteiger partial charge in [-0.2, -0.15) is 0 Å². The molecule has 0 radical (unpaired) electrons. The van der Waals surface area contributed by atoms with Crippen LogP contribution in [0.3, 0.4) is 0 Å². The number of hydrogen-bond acceptors (Lipinski definition) is 5. The Kier molecular flexibility index (Phi) is 6.99. The van der Waals surface area contributed by atoms with Crippen LogP contribution in [0.15, 0.2) is 40.9 Å². The van der Waals surface area contributed by atoms with Crippen LogP contribution in [0.5, 0.6) is 5.75 Å². The van der Waals surface area contributed by atoms with Crippen molar-refractivity contribution in [2.24, 2.45) is 5.92 Å². The van der Waals surface area contributed by atoms with Gasteiger partial charge in [0.15, 0.2) is 6.61 Å². The Balaban J connectivity index is 1.57. The zero-order chi connectivity index (χ0) is 21.8. The van der Waals surface area contributed by atoms with Gasteiger partial charge in [0.2, 0.25) is 5.91 Å². The molecule has 0 bridgehead atoms. The van der Waals surface area contributed by atoms with Gasteiger partial charge in [0, 0.05) is 23.1 Å². The van der Waals surface area contributed by atoms with Crippen molar-refractivity contribution < 1.29 is 23.9 Å². The summed E-state index contributed by atoms with van der Waals surface area (Å²) in [5, 5.41) is 3.16. The van der Waals surface area contributed by atoms with Crippen molar-refractivity contribution in [3.05, 3.63) is 51.5 Å². The quantitative estimate of drug-likeness (QED) is 0.613. The van der Waals surface area contributed by atoms with E-state index in [0.29, 0.717) is 27.7 Å². The van der Waals surface area contributed by atoms with E-state index in [1.54, 1.807) is 43.3 Å². The number of carbonyl (C=O) groups excluding carboxylic acids is 3. The van der Waals surface area contributed by atoms with Crippen molar-refractivity contribution in [3.8, 4) is 5.75 Å². The number of anilines is 2. The number of amides is 2. The van der Waals surface area contributed by atoms with Gasteiger partial charge in [-0.3, -0.25) is 14.4 Å². The van der Waals surface area contributed by atoms with Gasteiger partial charge in [0.25, 0.3) is 5.91 Å². The summed E-state index contributed by atoms with van der Waals surface area (Å²) in [6.45, 7) is 1.48. The maximum Gasteiger partial charge on any atom is 0.311 e. The van der Waals surface area contributed by atoms with E-state index in [0.717, 1.165) is 4.47 Å². The highest BCUT2D eigenvalue weighted by atomic mass is 79.9. The summed E-state index contributed by atoms with van der Waals surface area (Å²) in [5.74, 6) is -1.40. The molecule has 1 heterocycles. The average Bonchev–Trinajstić information content (AvgIpc) is 3.14. The first-order valence-corrected chi connectivity index (χ1v) is 10.3. The largest absolute Gasteiger partial charge is 0.495 e. The van der Waals surface area contributed by atoms with E-state index in [1.807, 2.05) is 0 Å². The minimum Gasteiger partial charge on any atom is -0.495 e. The molecule has 2 amide bonds. The lowest BCUT2D eigenvalue weighted by Gasteiger charge is -2.19. The topological polar surface area (TPSA) is 84.9 Å². The molecular weight excluding hydrogens is 476 g/mol. The lowest BCUT2D eigenvalue weighted by atomic mass is 10.1. The fraction of sp³-hybridized carbons (Fsp3) is 0.286. The van der Waals surface area contributed by atoms with Crippen LogP contribution >= 0.6 is 27.5 Å². The van der Waals surface area contributed by atoms with Crippen LogP contribution in [0.4, 0.5) is 11.4 Å². The number of halogens is 2. The molecule has 1 N–H and O–H groups in total. The molecule has 0 aliphatic carbocycles. The number of esters is 1. The third kappa shape index (κ3) is 4.76. The number of carbonyl (C=O) groups is 3. The second kappa shape index (κ2) is 9.49. The Hall–Kier alpha value is -2.58. The number of para-hydroxylation sites is 2. The molecule has 30 heavy (non-hydrogen) atoms. The smallest absolute Gasteiger partial charge is 0.311 e. The molecule has 0 unspecified atom stereocenters. The molecule has 2 aromatic rings. The average molecular weight is 496 g/mol. The lowest BCUT2D eigenvalue weighted by Crippen LogP contribution is -2.28. The molecule has 0 spiro atoms. The van der Waals surface area contributed by atoms with Gasteiger partial charge in [0.1, 0.15) is 5.75 Å². The second-order valence-corrected chi connectivity index (χ2v) is 8.00. The van der Waals surface area contributed by atoms with Gasteiger partial charge >= 0.3 is 5.97 Å². The van der Waals surface area contributed by atoms with Crippen LogP contribution in [0, 0.1) is 12.8 Å². The van der Waals surface area contributed by atoms with Crippen molar-refractivity contribution in [1.29, 1.82) is 0 Å². The molecule has 9 heteroatoms. The Morgan fingerprint density at radius 3 is 2.73 bits per heavy atom. The monoisotopic (exact) mass is 494 g/mol. The number of ether oxygens (including phenoxy) is 2. The van der Waals surface area contributed by atoms with Crippen LogP contribution < -0.4 is 15.0 Å². The van der Waals surface area contributed by atoms with Gasteiger partial charge < -0.3 is 19.7 Å². The summed E-state index contributed by atoms with van der Waals surface area (Å²) in [4.78, 5) is 38.5. The predicted octanol–water partition coefficient (Wildman–Crippen LogP) is 3.95. The van der Waals surface area contributed by atoms with Gasteiger partial charge in [-0.15, -0.1) is 0 Å². The second-order valence-electron chi connectivity index (χ2n) is 6.77. The molecule has 3 rings (SSSR count). The van der Waals surface area contributed by atoms with Crippen molar-refractivity contribution in [2.75, 3.05) is 30.5 Å². The molecule has 7 nitrogen and oxygen atoms in total. The van der Waals surface area contributed by atoms with Crippen molar-refractivity contribution in [3.63, 3.8) is 0 Å². The van der Waals surface area contributed by atoms with Crippen LogP contribution in [0.1, 0.15) is 12.0 Å². The summed E-state index contributed by atoms with van der Waals surface area (Å²) in [7, 11) is 1.52. The molecule has 0 saturated carbocycles. The summed E-state index contributed by atoms with van der Waals surface area (Å²) in [6, 6.07) is 10.5. The van der Waals surface area contributed by atoms with E-state index in [1.165, 1.54) is 12.0 Å². The van der Waals surface area contributed by atoms with Crippen molar-refractivity contribution in [2.45, 2.75) is 13.3 Å². The molecule has 1 fully saturated rings. The number of benzene rings is 2. The predicted molar refractivity (Wildman–Crippen MR) is 117 cm³/mol. The molecule has 1 aliphatic rings. The van der Waals surface area contributed by atoms with E-state index in [4.69, 9.17) is 21.1 Å². The number of methoxy groups -OCH3 is 1. The number of hydrogen-bond donors (Lipinski definition) is 1. The third-order valence-electron chi connectivity index (χ3n) is 4.79. The van der Waals surface area contributed by atoms with Crippen LogP contribution in [0.25, 0.3) is 0 Å². The number of nitrogens with one attached hydrogen (secondary N) is 1. The maximum absolute atomic E-state index is 12.4. The first-order chi connectivity index (χ1) is 14.3. The fourth-order valence-corrected chi connectivity index (χ4v) is 3.77. The standard InChI is InChI=1S/C21H20BrClN2O5/c1-12-15(8-7-14(22)20(12)23)24-18(26)11-30-21(28)13-9-19(27)25(10-13)16-5-3-4-6-17(16)29-2/h3-8,13H,9-11H2,1-2H3,(H,24,26)/t13-/m1/s1. The summed E-state index contributed by atoms with van der Waals surface area (Å²) in [6.07, 6.45) is 0.0138. The maximum atomic E-state index is 12.4. The van der Waals surface area contributed by atoms with Gasteiger partial charge in [0.05, 0.1) is 23.7 Å². The van der Waals surface area contributed by atoms with Gasteiger partial charge in [-0.25, -0.2) is 0 Å². The third-order valence-corrected chi connectivity index (χ3v) is 6.17. The van der Waals surface area contributed by atoms with Gasteiger partial charge in [-0.1, -0.05) is 23.7 Å². The highest BCUT2D eigenvalue weighted by molar-refractivity contribution is 9.10. The number of rotatable bonds is 6. The van der Waals surface area contributed by atoms with Crippen LogP contribution in [0.2, 0.25) is 5.02 Å². The Labute approximate surface area is 187 Å². The highest BCUT2D eigenvalue weighted by Crippen LogP contribution is 2.33. The molecule has 1 atom stereocenters. The zero-order valence-corrected chi connectivity index (χ0v) is 18.7. The molecule has 1 saturated heterocycles. The minimum atomic E-state index is -0.654. The van der Waals surface area contributed by atoms with Gasteiger partial charge in [-0.05, 0) is 52.7 Å². The number of nitrogens with zero attached hydrogens (tertiary/aromatic N) is 1. The normalized spacial score (nSPS) is 15.8. The van der Waals surface area contributed by atoms with Crippen molar-refractivity contribution in [1.82, 2.24) is 0 Å². The molecule has 158 valence electrons. The Bertz CT molecular complexity index is 997. The first-order valence-electron chi connectivity index (χ1n) is 9.16. The van der Waals surface area contributed by atoms with E-state index in [2.05, 4.69) is 21.2 Å². The zero-order valence-electron chi connectivity index (χ0n) is 16.4. The van der Waals surface area contributed by atoms with Crippen LogP contribution in [-0.2, 0) is 19.1 Å². The van der Waals surface area contributed by atoms with Crippen molar-refractivity contribution >= 4 is 56.7 Å². The van der Waals surface area contributed by atoms with Crippen LogP contribution in [-0.4, -0.2) is 38.0 Å². The Morgan fingerprint density at radius 1 is 1.27 bits per heavy atom. The van der Waals surface area contributed by atoms with E-state index < -0.39 is 24.4 Å². The summed E-state index contributed by atoms with van der Waals surface area (Å²) < 4.78 is 11.1. The highest BCUT2D eigenvalue weighted by Gasteiger charge is 2.37. The first kappa shape index (κ1) is 22.1. The Morgan fingerprint density at radius 2 is 2.00 bits per heavy atom. The molecule has 2 aromatic carbocycles. The van der Waals surface area contributed by atoms with E-state index in [9.17, 15) is 14.4 Å². The summed E-state index contributed by atoms with van der Waals surface area (Å²) in [5.41, 5.74) is 1.82.